The van der Waals surface area contributed by atoms with Gasteiger partial charge in [0.05, 0.1) is 17.9 Å². The number of nitrogens with zero attached hydrogens (tertiary/aromatic N) is 4. The molecule has 0 unspecified atom stereocenters. The van der Waals surface area contributed by atoms with Gasteiger partial charge in [-0.3, -0.25) is 4.79 Å². The highest BCUT2D eigenvalue weighted by Crippen LogP contribution is 2.36. The van der Waals surface area contributed by atoms with Crippen LogP contribution in [-0.2, 0) is 37.1 Å². The van der Waals surface area contributed by atoms with E-state index < -0.39 is 60.6 Å². The van der Waals surface area contributed by atoms with Crippen molar-refractivity contribution in [3.05, 3.63) is 65.2 Å². The third-order valence-electron chi connectivity index (χ3n) is 6.61. The molecule has 1 aliphatic heterocycles. The Morgan fingerprint density at radius 2 is 1.81 bits per heavy atom. The van der Waals surface area contributed by atoms with Crippen LogP contribution in [0.4, 0.5) is 19.0 Å². The number of amides is 1. The molecular formula is C26H27F3N4O8S2. The lowest BCUT2D eigenvalue weighted by molar-refractivity contribution is -0.130. The fraction of sp³-hybridized carbons (Fsp3) is 0.385. The van der Waals surface area contributed by atoms with Gasteiger partial charge in [-0.1, -0.05) is 43.3 Å². The highest BCUT2D eigenvalue weighted by molar-refractivity contribution is 7.88. The number of carbonyl (C=O) groups excluding carboxylic acids is 1. The number of nitriles is 1. The predicted octanol–water partition coefficient (Wildman–Crippen LogP) is 3.20. The Hall–Kier alpha value is -4.17. The van der Waals surface area contributed by atoms with Gasteiger partial charge in [-0.25, -0.2) is 17.5 Å². The van der Waals surface area contributed by atoms with E-state index in [-0.39, 0.29) is 55.8 Å². The van der Waals surface area contributed by atoms with Crippen molar-refractivity contribution in [1.82, 2.24) is 9.29 Å². The minimum absolute atomic E-state index is 0.0268. The SMILES string of the molecule is C=CCN(C(=O)C1CCN(c2nc(OS(=O)(=O)C(F)(F)F)c(C(=O)O)c(CC)c2C#N)CC1)S(=O)(=O)Cc1ccccc1. The molecule has 2 aromatic rings. The molecule has 2 heterocycles. The fourth-order valence-electron chi connectivity index (χ4n) is 4.59. The van der Waals surface area contributed by atoms with E-state index in [1.165, 1.54) is 17.9 Å². The molecule has 12 nitrogen and oxygen atoms in total. The largest absolute Gasteiger partial charge is 0.534 e. The van der Waals surface area contributed by atoms with Crippen molar-refractivity contribution in [3.8, 4) is 11.9 Å². The number of aromatic carboxylic acids is 1. The minimum atomic E-state index is -6.31. The molecule has 0 spiro atoms. The maximum absolute atomic E-state index is 13.4. The number of hydrogen-bond donors (Lipinski definition) is 1. The van der Waals surface area contributed by atoms with Crippen LogP contribution in [0.25, 0.3) is 0 Å². The number of sulfonamides is 1. The maximum Gasteiger partial charge on any atom is 0.534 e. The maximum atomic E-state index is 13.4. The third kappa shape index (κ3) is 7.25. The van der Waals surface area contributed by atoms with Crippen molar-refractivity contribution in [1.29, 1.82) is 5.26 Å². The number of alkyl halides is 3. The molecule has 1 aromatic carbocycles. The Labute approximate surface area is 246 Å². The summed E-state index contributed by atoms with van der Waals surface area (Å²) in [4.78, 5) is 30.4. The molecule has 1 aliphatic rings. The Kier molecular flexibility index (Phi) is 10.1. The summed E-state index contributed by atoms with van der Waals surface area (Å²) in [5.41, 5.74) is -7.04. The molecule has 0 radical (unpaired) electrons. The average Bonchev–Trinajstić information content (AvgIpc) is 2.94. The van der Waals surface area contributed by atoms with Gasteiger partial charge in [0.15, 0.2) is 5.82 Å². The van der Waals surface area contributed by atoms with Crippen LogP contribution in [0.3, 0.4) is 0 Å². The first kappa shape index (κ1) is 33.3. The summed E-state index contributed by atoms with van der Waals surface area (Å²) in [6, 6.07) is 10.0. The van der Waals surface area contributed by atoms with E-state index in [1.54, 1.807) is 36.4 Å². The van der Waals surface area contributed by atoms with E-state index in [1.807, 2.05) is 0 Å². The van der Waals surface area contributed by atoms with Crippen LogP contribution in [0.1, 0.15) is 46.8 Å². The first-order chi connectivity index (χ1) is 20.1. The molecule has 232 valence electrons. The van der Waals surface area contributed by atoms with Crippen molar-refractivity contribution in [2.24, 2.45) is 5.92 Å². The van der Waals surface area contributed by atoms with Crippen LogP contribution in [0.2, 0.25) is 0 Å². The van der Waals surface area contributed by atoms with Gasteiger partial charge in [0.1, 0.15) is 11.6 Å². The number of rotatable bonds is 11. The zero-order valence-corrected chi connectivity index (χ0v) is 24.4. The van der Waals surface area contributed by atoms with Crippen LogP contribution in [0, 0.1) is 17.2 Å². The zero-order chi connectivity index (χ0) is 32.2. The van der Waals surface area contributed by atoms with Crippen LogP contribution in [0.15, 0.2) is 43.0 Å². The second-order valence-electron chi connectivity index (χ2n) is 9.38. The van der Waals surface area contributed by atoms with Gasteiger partial charge in [0, 0.05) is 19.0 Å². The second kappa shape index (κ2) is 13.0. The Morgan fingerprint density at radius 3 is 2.30 bits per heavy atom. The molecule has 1 aromatic heterocycles. The number of carboxylic acid groups (broad SMARTS) is 1. The lowest BCUT2D eigenvalue weighted by Crippen LogP contribution is -2.45. The molecule has 0 saturated carbocycles. The monoisotopic (exact) mass is 644 g/mol. The molecule has 0 aliphatic carbocycles. The number of benzene rings is 1. The average molecular weight is 645 g/mol. The quantitative estimate of drug-likeness (QED) is 0.216. The Balaban J connectivity index is 1.93. The zero-order valence-electron chi connectivity index (χ0n) is 22.7. The highest BCUT2D eigenvalue weighted by Gasteiger charge is 2.50. The molecule has 3 rings (SSSR count). The second-order valence-corrected chi connectivity index (χ2v) is 12.8. The van der Waals surface area contributed by atoms with Gasteiger partial charge in [0.2, 0.25) is 21.8 Å². The lowest BCUT2D eigenvalue weighted by Gasteiger charge is -2.35. The summed E-state index contributed by atoms with van der Waals surface area (Å²) in [6.45, 7) is 4.55. The number of pyridine rings is 1. The van der Waals surface area contributed by atoms with Crippen molar-refractivity contribution >= 4 is 37.8 Å². The van der Waals surface area contributed by atoms with E-state index in [9.17, 15) is 50.0 Å². The summed E-state index contributed by atoms with van der Waals surface area (Å²) >= 11 is 0. The third-order valence-corrected chi connectivity index (χ3v) is 9.25. The number of halogens is 3. The number of hydrogen-bond acceptors (Lipinski definition) is 10. The van der Waals surface area contributed by atoms with Crippen molar-refractivity contribution in [3.63, 3.8) is 0 Å². The molecule has 0 bridgehead atoms. The van der Waals surface area contributed by atoms with Crippen molar-refractivity contribution < 1.29 is 48.9 Å². The molecule has 1 N–H and O–H groups in total. The molecule has 1 amide bonds. The normalized spacial score (nSPS) is 14.5. The molecule has 17 heteroatoms. The highest BCUT2D eigenvalue weighted by atomic mass is 32.2. The number of aromatic nitrogens is 1. The topological polar surface area (TPSA) is 175 Å². The molecular weight excluding hydrogens is 617 g/mol. The number of anilines is 1. The molecule has 43 heavy (non-hydrogen) atoms. The first-order valence-corrected chi connectivity index (χ1v) is 15.7. The van der Waals surface area contributed by atoms with Crippen LogP contribution in [-0.4, -0.2) is 68.3 Å². The van der Waals surface area contributed by atoms with E-state index in [0.717, 1.165) is 4.31 Å². The van der Waals surface area contributed by atoms with Crippen LogP contribution < -0.4 is 9.08 Å². The summed E-state index contributed by atoms with van der Waals surface area (Å²) in [5.74, 6) is -5.48. The first-order valence-electron chi connectivity index (χ1n) is 12.7. The van der Waals surface area contributed by atoms with E-state index in [2.05, 4.69) is 15.7 Å². The van der Waals surface area contributed by atoms with Crippen LogP contribution >= 0.6 is 0 Å². The van der Waals surface area contributed by atoms with E-state index >= 15 is 0 Å². The smallest absolute Gasteiger partial charge is 0.477 e. The number of piperidine rings is 1. The van der Waals surface area contributed by atoms with Gasteiger partial charge in [-0.2, -0.15) is 31.8 Å². The van der Waals surface area contributed by atoms with Gasteiger partial charge >= 0.3 is 21.6 Å². The molecule has 1 saturated heterocycles. The molecule has 1 fully saturated rings. The van der Waals surface area contributed by atoms with Gasteiger partial charge in [-0.15, -0.1) is 6.58 Å². The summed E-state index contributed by atoms with van der Waals surface area (Å²) < 4.78 is 93.7. The Morgan fingerprint density at radius 1 is 1.21 bits per heavy atom. The minimum Gasteiger partial charge on any atom is -0.477 e. The van der Waals surface area contributed by atoms with E-state index in [4.69, 9.17) is 0 Å². The summed E-state index contributed by atoms with van der Waals surface area (Å²) in [7, 11) is -10.4. The summed E-state index contributed by atoms with van der Waals surface area (Å²) in [5, 5.41) is 19.4. The van der Waals surface area contributed by atoms with Crippen LogP contribution in [0.5, 0.6) is 5.88 Å². The Bertz CT molecular complexity index is 1650. The predicted molar refractivity (Wildman–Crippen MR) is 147 cm³/mol. The van der Waals surface area contributed by atoms with E-state index in [0.29, 0.717) is 5.56 Å². The number of carboxylic acids is 1. The van der Waals surface area contributed by atoms with Crippen molar-refractivity contribution in [2.75, 3.05) is 24.5 Å². The fourth-order valence-corrected chi connectivity index (χ4v) is 6.54. The van der Waals surface area contributed by atoms with Gasteiger partial charge in [0.25, 0.3) is 0 Å². The van der Waals surface area contributed by atoms with Crippen molar-refractivity contribution in [2.45, 2.75) is 37.4 Å². The number of carbonyl (C=O) groups is 2. The molecule has 0 atom stereocenters. The summed E-state index contributed by atoms with van der Waals surface area (Å²) in [6.07, 6.45) is 1.12. The lowest BCUT2D eigenvalue weighted by atomic mass is 9.94. The van der Waals surface area contributed by atoms with Gasteiger partial charge in [-0.05, 0) is 30.4 Å². The van der Waals surface area contributed by atoms with Gasteiger partial charge < -0.3 is 14.2 Å². The standard InChI is InChI=1S/C26H27F3N4O8S2/c1-3-12-33(42(37,38)16-17-8-6-5-7-9-17)24(34)18-10-13-32(14-11-18)22-20(15-30)19(4-2)21(25(35)36)23(31-22)41-43(39,40)26(27,28)29/h3,5-9,18H,1,4,10-14,16H2,2H3,(H,35,36).